The van der Waals surface area contributed by atoms with E-state index in [1.165, 1.54) is 0 Å². The summed E-state index contributed by atoms with van der Waals surface area (Å²) >= 11 is 0. The first-order valence-electron chi connectivity index (χ1n) is 4.78. The summed E-state index contributed by atoms with van der Waals surface area (Å²) in [5.74, 6) is 0. The quantitative estimate of drug-likeness (QED) is 0.583. The molecule has 3 nitrogen and oxygen atoms in total. The Morgan fingerprint density at radius 1 is 0.923 bits per heavy atom. The molecule has 2 atom stereocenters. The van der Waals surface area contributed by atoms with Gasteiger partial charge in [-0.25, -0.2) is 0 Å². The highest BCUT2D eigenvalue weighted by Crippen LogP contribution is 2.39. The van der Waals surface area contributed by atoms with E-state index in [1.54, 1.807) is 0 Å². The lowest BCUT2D eigenvalue weighted by atomic mass is 10.4. The van der Waals surface area contributed by atoms with Crippen LogP contribution in [0.5, 0.6) is 0 Å². The van der Waals surface area contributed by atoms with Crippen LogP contribution in [-0.2, 0) is 13.4 Å². The summed E-state index contributed by atoms with van der Waals surface area (Å²) in [4.78, 5) is 0. The van der Waals surface area contributed by atoms with Gasteiger partial charge in [-0.1, -0.05) is 26.7 Å². The zero-order chi connectivity index (χ0) is 10.1. The van der Waals surface area contributed by atoms with Crippen molar-refractivity contribution in [3.05, 3.63) is 0 Å². The molecule has 0 rings (SSSR count). The van der Waals surface area contributed by atoms with Crippen LogP contribution in [0.25, 0.3) is 0 Å². The first kappa shape index (κ1) is 13.2. The van der Waals surface area contributed by atoms with Gasteiger partial charge >= 0.3 is 16.1 Å². The summed E-state index contributed by atoms with van der Waals surface area (Å²) in [6.45, 7) is 4.06. The third kappa shape index (κ3) is 8.49. The van der Waals surface area contributed by atoms with Gasteiger partial charge in [0.05, 0.1) is 0 Å². The molecular formula is C8H18O3P2+2. The highest BCUT2D eigenvalue weighted by atomic mass is 31.2. The summed E-state index contributed by atoms with van der Waals surface area (Å²) in [7, 11) is -3.35. The van der Waals surface area contributed by atoms with Crippen LogP contribution >= 0.6 is 16.1 Å². The molecule has 0 saturated heterocycles. The van der Waals surface area contributed by atoms with Gasteiger partial charge in [-0.3, -0.25) is 0 Å². The van der Waals surface area contributed by atoms with E-state index in [2.05, 4.69) is 0 Å². The molecule has 5 heteroatoms. The van der Waals surface area contributed by atoms with E-state index < -0.39 is 16.1 Å². The summed E-state index contributed by atoms with van der Waals surface area (Å²) in [6, 6.07) is 0. The van der Waals surface area contributed by atoms with Crippen LogP contribution in [0.3, 0.4) is 0 Å². The molecule has 0 aromatic rings. The van der Waals surface area contributed by atoms with Crippen molar-refractivity contribution < 1.29 is 13.4 Å². The van der Waals surface area contributed by atoms with Crippen molar-refractivity contribution in [1.29, 1.82) is 0 Å². The standard InChI is InChI=1S/C8H18O3P2/c1-3-5-7-12(9)11-13(10)8-6-4-2/h3-8H2,1-2H3/q+2. The maximum atomic E-state index is 11.1. The van der Waals surface area contributed by atoms with Crippen molar-refractivity contribution in [1.82, 2.24) is 0 Å². The first-order chi connectivity index (χ1) is 6.20. The molecule has 0 saturated carbocycles. The molecule has 0 fully saturated rings. The molecule has 0 spiro atoms. The lowest BCUT2D eigenvalue weighted by Crippen LogP contribution is -1.81. The molecule has 76 valence electrons. The fourth-order valence-electron chi connectivity index (χ4n) is 0.758. The van der Waals surface area contributed by atoms with Gasteiger partial charge in [0.25, 0.3) is 0 Å². The molecule has 0 aromatic carbocycles. The van der Waals surface area contributed by atoms with Gasteiger partial charge in [0.15, 0.2) is 12.3 Å². The number of unbranched alkanes of at least 4 members (excludes halogenated alkanes) is 2. The molecule has 0 aliphatic carbocycles. The minimum Gasteiger partial charge on any atom is -0.0652 e. The second-order valence-corrected chi connectivity index (χ2v) is 5.78. The highest BCUT2D eigenvalue weighted by Gasteiger charge is 2.32. The maximum absolute atomic E-state index is 11.1. The Labute approximate surface area is 82.0 Å². The molecule has 0 bridgehead atoms. The predicted molar refractivity (Wildman–Crippen MR) is 55.8 cm³/mol. The van der Waals surface area contributed by atoms with Crippen molar-refractivity contribution >= 4 is 16.1 Å². The molecule has 0 radical (unpaired) electrons. The Balaban J connectivity index is 3.47. The maximum Gasteiger partial charge on any atom is 0.561 e. The van der Waals surface area contributed by atoms with Crippen LogP contribution in [0, 0.1) is 0 Å². The van der Waals surface area contributed by atoms with Crippen molar-refractivity contribution in [2.24, 2.45) is 0 Å². The zero-order valence-electron chi connectivity index (χ0n) is 8.36. The van der Waals surface area contributed by atoms with Crippen molar-refractivity contribution in [3.63, 3.8) is 0 Å². The Morgan fingerprint density at radius 2 is 1.31 bits per heavy atom. The van der Waals surface area contributed by atoms with Crippen LogP contribution in [0.15, 0.2) is 0 Å². The van der Waals surface area contributed by atoms with Crippen molar-refractivity contribution in [3.8, 4) is 0 Å². The average molecular weight is 224 g/mol. The molecule has 0 aliphatic rings. The third-order valence-electron chi connectivity index (χ3n) is 1.57. The summed E-state index contributed by atoms with van der Waals surface area (Å²) in [5, 5.41) is 0. The SMILES string of the molecule is CCCC[P+](=O)O[P+](=O)CCCC. The summed E-state index contributed by atoms with van der Waals surface area (Å²) in [5.41, 5.74) is 0. The van der Waals surface area contributed by atoms with Gasteiger partial charge in [-0.2, -0.15) is 0 Å². The Bertz CT molecular complexity index is 153. The minimum absolute atomic E-state index is 0.541. The molecule has 13 heavy (non-hydrogen) atoms. The van der Waals surface area contributed by atoms with E-state index in [-0.39, 0.29) is 0 Å². The van der Waals surface area contributed by atoms with Crippen LogP contribution in [-0.4, -0.2) is 12.3 Å². The average Bonchev–Trinajstić information content (AvgIpc) is 2.11. The Hall–Kier alpha value is 0.160. The van der Waals surface area contributed by atoms with Crippen LogP contribution < -0.4 is 0 Å². The molecule has 0 amide bonds. The van der Waals surface area contributed by atoms with E-state index in [0.29, 0.717) is 12.3 Å². The fraction of sp³-hybridized carbons (Fsp3) is 1.00. The topological polar surface area (TPSA) is 43.4 Å². The Morgan fingerprint density at radius 3 is 1.62 bits per heavy atom. The van der Waals surface area contributed by atoms with Crippen molar-refractivity contribution in [2.75, 3.05) is 12.3 Å². The van der Waals surface area contributed by atoms with E-state index in [4.69, 9.17) is 4.31 Å². The van der Waals surface area contributed by atoms with E-state index in [1.807, 2.05) is 13.8 Å². The van der Waals surface area contributed by atoms with Gasteiger partial charge in [-0.15, -0.1) is 0 Å². The van der Waals surface area contributed by atoms with E-state index in [0.717, 1.165) is 25.7 Å². The summed E-state index contributed by atoms with van der Waals surface area (Å²) < 4.78 is 27.1. The van der Waals surface area contributed by atoms with Crippen molar-refractivity contribution in [2.45, 2.75) is 39.5 Å². The third-order valence-corrected chi connectivity index (χ3v) is 4.39. The second-order valence-electron chi connectivity index (χ2n) is 2.90. The first-order valence-corrected chi connectivity index (χ1v) is 7.50. The smallest absolute Gasteiger partial charge is 0.0652 e. The van der Waals surface area contributed by atoms with Crippen LogP contribution in [0.2, 0.25) is 0 Å². The highest BCUT2D eigenvalue weighted by molar-refractivity contribution is 7.53. The van der Waals surface area contributed by atoms with E-state index >= 15 is 0 Å². The number of hydrogen-bond acceptors (Lipinski definition) is 3. The van der Waals surface area contributed by atoms with Gasteiger partial charge in [0.1, 0.15) is 4.31 Å². The van der Waals surface area contributed by atoms with Crippen LogP contribution in [0.4, 0.5) is 0 Å². The van der Waals surface area contributed by atoms with Gasteiger partial charge < -0.3 is 0 Å². The van der Waals surface area contributed by atoms with E-state index in [9.17, 15) is 9.13 Å². The second kappa shape index (κ2) is 8.74. The minimum atomic E-state index is -1.68. The number of hydrogen-bond donors (Lipinski definition) is 0. The van der Waals surface area contributed by atoms with Gasteiger partial charge in [0.2, 0.25) is 0 Å². The predicted octanol–water partition coefficient (Wildman–Crippen LogP) is 4.09. The molecule has 0 aliphatic heterocycles. The normalized spacial score (nSPS) is 12.8. The Kier molecular flexibility index (Phi) is 8.85. The molecule has 0 aromatic heterocycles. The lowest BCUT2D eigenvalue weighted by Gasteiger charge is -1.81. The largest absolute Gasteiger partial charge is 0.561 e. The van der Waals surface area contributed by atoms with Crippen LogP contribution in [0.1, 0.15) is 39.5 Å². The van der Waals surface area contributed by atoms with Gasteiger partial charge in [0, 0.05) is 0 Å². The zero-order valence-corrected chi connectivity index (χ0v) is 10.2. The molecule has 2 unspecified atom stereocenters. The molecule has 0 heterocycles. The fourth-order valence-corrected chi connectivity index (χ4v) is 3.37. The van der Waals surface area contributed by atoms with Gasteiger partial charge in [-0.05, 0) is 22.0 Å². The summed E-state index contributed by atoms with van der Waals surface area (Å²) in [6.07, 6.45) is 4.84. The molecule has 0 N–H and O–H groups in total. The molecular weight excluding hydrogens is 206 g/mol. The number of rotatable bonds is 8. The monoisotopic (exact) mass is 224 g/mol. The lowest BCUT2D eigenvalue weighted by molar-refractivity contribution is 0.485.